The highest BCUT2D eigenvalue weighted by molar-refractivity contribution is 9.10. The van der Waals surface area contributed by atoms with Crippen LogP contribution >= 0.6 is 28.1 Å². The van der Waals surface area contributed by atoms with Crippen LogP contribution in [0.1, 0.15) is 29.3 Å². The van der Waals surface area contributed by atoms with E-state index < -0.39 is 5.69 Å². The largest absolute Gasteiger partial charge is 0.369 e. The minimum Gasteiger partial charge on any atom is -0.369 e. The van der Waals surface area contributed by atoms with Crippen LogP contribution in [-0.4, -0.2) is 27.6 Å². The smallest absolute Gasteiger partial charge is 0.177 e. The summed E-state index contributed by atoms with van der Waals surface area (Å²) in [5.41, 5.74) is -1.49. The second kappa shape index (κ2) is 4.32. The number of fused-ring (bicyclic) bond motifs is 3. The lowest BCUT2D eigenvalue weighted by molar-refractivity contribution is -0.0947. The van der Waals surface area contributed by atoms with E-state index in [1.807, 2.05) is 0 Å². The van der Waals surface area contributed by atoms with E-state index >= 15 is 0 Å². The van der Waals surface area contributed by atoms with Crippen LogP contribution in [0.25, 0.3) is 0 Å². The Morgan fingerprint density at radius 1 is 1.50 bits per heavy atom. The first kappa shape index (κ1) is 14.6. The summed E-state index contributed by atoms with van der Waals surface area (Å²) in [7, 11) is 5.40. The first-order chi connectivity index (χ1) is 10.2. The number of hydrogen-bond acceptors (Lipinski definition) is 3. The van der Waals surface area contributed by atoms with Crippen LogP contribution in [0, 0.1) is 10.6 Å². The lowest BCUT2D eigenvalue weighted by Crippen LogP contribution is -2.27. The standard InChI is InChI=1S/C14H11BBrFN2O2S/c15-14(20,21)11-10-8-4-13(8,5-19(10)12(22)18-11)7-3-6(16)1-2-9(7)17/h1-3,8,20-21H,4-5H2,(H,18,22)/t8?,13-/m1/s1. The fourth-order valence-corrected chi connectivity index (χ4v) is 4.29. The molecule has 1 fully saturated rings. The van der Waals surface area contributed by atoms with Crippen LogP contribution in [0.2, 0.25) is 0 Å². The molecule has 4 rings (SSSR count). The Morgan fingerprint density at radius 2 is 2.23 bits per heavy atom. The van der Waals surface area contributed by atoms with Gasteiger partial charge in [0.25, 0.3) is 0 Å². The molecule has 2 radical (unpaired) electrons. The van der Waals surface area contributed by atoms with Gasteiger partial charge in [0.1, 0.15) is 5.82 Å². The molecule has 2 atom stereocenters. The Kier molecular flexibility index (Phi) is 2.87. The molecule has 1 unspecified atom stereocenters. The van der Waals surface area contributed by atoms with Crippen LogP contribution in [0.5, 0.6) is 0 Å². The van der Waals surface area contributed by atoms with Crippen LogP contribution in [-0.2, 0) is 17.6 Å². The Bertz CT molecular complexity index is 860. The van der Waals surface area contributed by atoms with Crippen LogP contribution in [0.4, 0.5) is 4.39 Å². The summed E-state index contributed by atoms with van der Waals surface area (Å²) < 4.78 is 17.2. The molecule has 0 saturated heterocycles. The molecular formula is C14H11BBrFN2O2S. The highest BCUT2D eigenvalue weighted by Gasteiger charge is 2.64. The van der Waals surface area contributed by atoms with E-state index in [2.05, 4.69) is 20.9 Å². The second-order valence-electron chi connectivity index (χ2n) is 6.04. The summed E-state index contributed by atoms with van der Waals surface area (Å²) in [5.74, 6) is -0.290. The van der Waals surface area contributed by atoms with Gasteiger partial charge in [0.15, 0.2) is 18.3 Å². The maximum atomic E-state index is 14.3. The van der Waals surface area contributed by atoms with E-state index in [4.69, 9.17) is 20.1 Å². The lowest BCUT2D eigenvalue weighted by Gasteiger charge is -2.16. The summed E-state index contributed by atoms with van der Waals surface area (Å²) in [6, 6.07) is 4.87. The van der Waals surface area contributed by atoms with Crippen LogP contribution in [0.15, 0.2) is 22.7 Å². The number of nitrogens with one attached hydrogen (secondary N) is 1. The van der Waals surface area contributed by atoms with E-state index in [-0.39, 0.29) is 22.8 Å². The fraction of sp³-hybridized carbons (Fsp3) is 0.357. The topological polar surface area (TPSA) is 61.2 Å². The van der Waals surface area contributed by atoms with Gasteiger partial charge >= 0.3 is 0 Å². The number of nitrogens with zero attached hydrogens (tertiary/aromatic N) is 1. The molecule has 4 nitrogen and oxygen atoms in total. The average molecular weight is 381 g/mol. The number of benzene rings is 1. The van der Waals surface area contributed by atoms with Gasteiger partial charge in [-0.3, -0.25) is 0 Å². The predicted octanol–water partition coefficient (Wildman–Crippen LogP) is 2.15. The molecular weight excluding hydrogens is 370 g/mol. The highest BCUT2D eigenvalue weighted by atomic mass is 79.9. The minimum atomic E-state index is -2.48. The molecule has 1 aromatic heterocycles. The zero-order valence-corrected chi connectivity index (χ0v) is 13.7. The Hall–Kier alpha value is -0.955. The zero-order chi connectivity index (χ0) is 15.9. The fourth-order valence-electron chi connectivity index (χ4n) is 3.67. The lowest BCUT2D eigenvalue weighted by atomic mass is 9.88. The van der Waals surface area contributed by atoms with Gasteiger partial charge in [-0.2, -0.15) is 0 Å². The molecule has 1 aliphatic carbocycles. The van der Waals surface area contributed by atoms with Gasteiger partial charge < -0.3 is 19.8 Å². The van der Waals surface area contributed by atoms with Crippen molar-refractivity contribution in [3.05, 3.63) is 50.2 Å². The van der Waals surface area contributed by atoms with E-state index in [0.29, 0.717) is 22.6 Å². The quantitative estimate of drug-likeness (QED) is 0.425. The third-order valence-corrected chi connectivity index (χ3v) is 5.52. The molecule has 0 spiro atoms. The molecule has 1 saturated carbocycles. The van der Waals surface area contributed by atoms with E-state index in [0.717, 1.165) is 10.9 Å². The van der Waals surface area contributed by atoms with Gasteiger partial charge in [0.2, 0.25) is 0 Å². The van der Waals surface area contributed by atoms with Crippen LogP contribution in [0.3, 0.4) is 0 Å². The zero-order valence-electron chi connectivity index (χ0n) is 11.3. The number of aliphatic hydroxyl groups is 2. The van der Waals surface area contributed by atoms with Crippen molar-refractivity contribution in [3.63, 3.8) is 0 Å². The number of aromatic nitrogens is 2. The third-order valence-electron chi connectivity index (χ3n) is 4.70. The Morgan fingerprint density at radius 3 is 2.91 bits per heavy atom. The van der Waals surface area contributed by atoms with Gasteiger partial charge in [0, 0.05) is 28.0 Å². The maximum absolute atomic E-state index is 14.3. The molecule has 0 bridgehead atoms. The maximum Gasteiger partial charge on any atom is 0.177 e. The SMILES string of the molecule is [B]C(O)(O)c1[nH]c(=S)n2c1C1C[C@]1(c1cc(Br)ccc1F)C2. The molecule has 112 valence electrons. The second-order valence-corrected chi connectivity index (χ2v) is 7.34. The monoisotopic (exact) mass is 380 g/mol. The van der Waals surface area contributed by atoms with Crippen molar-refractivity contribution >= 4 is 36.0 Å². The molecule has 8 heteroatoms. The van der Waals surface area contributed by atoms with Crippen molar-refractivity contribution < 1.29 is 14.6 Å². The predicted molar refractivity (Wildman–Crippen MR) is 84.6 cm³/mol. The molecule has 2 heterocycles. The molecule has 1 aliphatic heterocycles. The van der Waals surface area contributed by atoms with Gasteiger partial charge in [-0.25, -0.2) is 4.39 Å². The molecule has 2 aliphatic rings. The van der Waals surface area contributed by atoms with Crippen molar-refractivity contribution in [1.29, 1.82) is 0 Å². The summed E-state index contributed by atoms with van der Waals surface area (Å²) in [6.07, 6.45) is 0.732. The van der Waals surface area contributed by atoms with Gasteiger partial charge in [-0.05, 0) is 42.4 Å². The number of imidazole rings is 1. The summed E-state index contributed by atoms with van der Waals surface area (Å²) in [4.78, 5) is 2.76. The highest BCUT2D eigenvalue weighted by Crippen LogP contribution is 2.66. The molecule has 22 heavy (non-hydrogen) atoms. The number of aromatic amines is 1. The summed E-state index contributed by atoms with van der Waals surface area (Å²) >= 11 is 8.60. The van der Waals surface area contributed by atoms with Crippen LogP contribution < -0.4 is 0 Å². The average Bonchev–Trinajstić information content (AvgIpc) is 2.90. The first-order valence-electron chi connectivity index (χ1n) is 6.76. The van der Waals surface area contributed by atoms with E-state index in [1.165, 1.54) is 6.07 Å². The van der Waals surface area contributed by atoms with Crippen molar-refractivity contribution in [3.8, 4) is 0 Å². The number of H-pyrrole nitrogens is 1. The number of hydrogen-bond donors (Lipinski definition) is 3. The molecule has 2 aromatic rings. The molecule has 3 N–H and O–H groups in total. The Balaban J connectivity index is 1.86. The molecule has 1 aromatic carbocycles. The van der Waals surface area contributed by atoms with Crippen molar-refractivity contribution in [2.45, 2.75) is 30.0 Å². The van der Waals surface area contributed by atoms with Gasteiger partial charge in [0.05, 0.1) is 5.69 Å². The van der Waals surface area contributed by atoms with Crippen molar-refractivity contribution in [1.82, 2.24) is 9.55 Å². The Labute approximate surface area is 140 Å². The first-order valence-corrected chi connectivity index (χ1v) is 7.96. The molecule has 0 amide bonds. The number of rotatable bonds is 2. The van der Waals surface area contributed by atoms with E-state index in [9.17, 15) is 14.6 Å². The summed E-state index contributed by atoms with van der Waals surface area (Å²) in [6.45, 7) is 0.506. The number of halogens is 2. The van der Waals surface area contributed by atoms with E-state index in [1.54, 1.807) is 16.7 Å². The normalized spacial score (nSPS) is 25.9. The third kappa shape index (κ3) is 1.84. The summed E-state index contributed by atoms with van der Waals surface area (Å²) in [5, 5.41) is 19.4. The van der Waals surface area contributed by atoms with Crippen molar-refractivity contribution in [2.24, 2.45) is 0 Å². The van der Waals surface area contributed by atoms with Crippen molar-refractivity contribution in [2.75, 3.05) is 0 Å². The van der Waals surface area contributed by atoms with Gasteiger partial charge in [-0.1, -0.05) is 15.9 Å². The minimum absolute atomic E-state index is 0.0264. The van der Waals surface area contributed by atoms with Gasteiger partial charge in [-0.15, -0.1) is 0 Å².